The van der Waals surface area contributed by atoms with Crippen LogP contribution in [0, 0.1) is 5.41 Å². The first-order chi connectivity index (χ1) is 16.0. The van der Waals surface area contributed by atoms with Crippen LogP contribution in [-0.2, 0) is 9.53 Å². The number of piperidine rings is 1. The minimum atomic E-state index is -0.529. The van der Waals surface area contributed by atoms with E-state index >= 15 is 0 Å². The fourth-order valence-corrected chi connectivity index (χ4v) is 4.72. The molecule has 1 spiro atoms. The number of methoxy groups -OCH3 is 1. The van der Waals surface area contributed by atoms with Gasteiger partial charge >= 0.3 is 12.1 Å². The highest BCUT2D eigenvalue weighted by Crippen LogP contribution is 2.42. The molecule has 10 heteroatoms. The van der Waals surface area contributed by atoms with Crippen LogP contribution in [0.3, 0.4) is 0 Å². The molecule has 0 aliphatic carbocycles. The number of rotatable bonds is 3. The highest BCUT2D eigenvalue weighted by molar-refractivity contribution is 6.07. The fourth-order valence-electron chi connectivity index (χ4n) is 4.72. The van der Waals surface area contributed by atoms with Gasteiger partial charge in [-0.1, -0.05) is 0 Å². The van der Waals surface area contributed by atoms with Crippen molar-refractivity contribution in [2.24, 2.45) is 5.41 Å². The monoisotopic (exact) mass is 472 g/mol. The molecule has 3 saturated heterocycles. The number of hydrogen-bond donors (Lipinski definition) is 1. The second-order valence-electron chi connectivity index (χ2n) is 10.3. The third-order valence-corrected chi connectivity index (χ3v) is 6.59. The summed E-state index contributed by atoms with van der Waals surface area (Å²) in [5.41, 5.74) is 0.421. The number of nitrogens with one attached hydrogen (secondary N) is 1. The molecule has 10 nitrogen and oxygen atoms in total. The number of imide groups is 1. The van der Waals surface area contributed by atoms with E-state index in [0.29, 0.717) is 43.2 Å². The lowest BCUT2D eigenvalue weighted by molar-refractivity contribution is -0.120. The van der Waals surface area contributed by atoms with Crippen LogP contribution >= 0.6 is 0 Å². The lowest BCUT2D eigenvalue weighted by Gasteiger charge is -2.53. The number of urea groups is 1. The first-order valence-corrected chi connectivity index (χ1v) is 11.6. The van der Waals surface area contributed by atoms with Crippen molar-refractivity contribution in [1.29, 1.82) is 0 Å². The summed E-state index contributed by atoms with van der Waals surface area (Å²) in [5.74, 6) is 0.0179. The minimum Gasteiger partial charge on any atom is -0.495 e. The molecule has 0 bridgehead atoms. The first kappa shape index (κ1) is 23.8. The molecule has 184 valence electrons. The quantitative estimate of drug-likeness (QED) is 0.725. The first-order valence-electron chi connectivity index (χ1n) is 11.6. The van der Waals surface area contributed by atoms with Crippen molar-refractivity contribution in [1.82, 2.24) is 15.1 Å². The number of hydrogen-bond acceptors (Lipinski definition) is 6. The molecule has 3 fully saturated rings. The van der Waals surface area contributed by atoms with E-state index in [4.69, 9.17) is 9.47 Å². The average Bonchev–Trinajstić information content (AvgIpc) is 2.75. The van der Waals surface area contributed by atoms with Gasteiger partial charge in [-0.3, -0.25) is 19.8 Å². The number of benzene rings is 1. The van der Waals surface area contributed by atoms with Crippen molar-refractivity contribution >= 4 is 29.6 Å². The topological polar surface area (TPSA) is 108 Å². The molecule has 0 unspecified atom stereocenters. The third-order valence-electron chi connectivity index (χ3n) is 6.59. The molecule has 5 amide bonds. The molecule has 4 rings (SSSR count). The van der Waals surface area contributed by atoms with E-state index in [1.165, 1.54) is 12.0 Å². The number of carbonyl (C=O) groups excluding carboxylic acids is 4. The molecule has 0 saturated carbocycles. The highest BCUT2D eigenvalue weighted by Gasteiger charge is 2.47. The molecule has 3 aliphatic heterocycles. The fraction of sp³-hybridized carbons (Fsp3) is 0.583. The minimum absolute atomic E-state index is 0.0244. The van der Waals surface area contributed by atoms with Crippen LogP contribution in [0.15, 0.2) is 18.2 Å². The zero-order chi connectivity index (χ0) is 24.7. The summed E-state index contributed by atoms with van der Waals surface area (Å²) in [6.45, 7) is 8.29. The predicted octanol–water partition coefficient (Wildman–Crippen LogP) is 2.61. The molecule has 3 heterocycles. The van der Waals surface area contributed by atoms with Gasteiger partial charge in [-0.25, -0.2) is 9.59 Å². The summed E-state index contributed by atoms with van der Waals surface area (Å²) in [4.78, 5) is 54.3. The Morgan fingerprint density at radius 3 is 2.29 bits per heavy atom. The Labute approximate surface area is 199 Å². The zero-order valence-corrected chi connectivity index (χ0v) is 20.2. The van der Waals surface area contributed by atoms with Gasteiger partial charge in [-0.05, 0) is 51.8 Å². The molecular weight excluding hydrogens is 440 g/mol. The SMILES string of the molecule is COc1ccc(C(=O)N2CC3(CCN(C(=O)OC(C)(C)C)CC3)C2)cc1N1CCC(=O)NC1=O. The summed E-state index contributed by atoms with van der Waals surface area (Å²) in [6, 6.07) is 4.47. The van der Waals surface area contributed by atoms with Gasteiger partial charge in [-0.2, -0.15) is 0 Å². The van der Waals surface area contributed by atoms with E-state index in [2.05, 4.69) is 5.32 Å². The summed E-state index contributed by atoms with van der Waals surface area (Å²) >= 11 is 0. The maximum absolute atomic E-state index is 13.2. The maximum Gasteiger partial charge on any atom is 0.410 e. The predicted molar refractivity (Wildman–Crippen MR) is 124 cm³/mol. The Morgan fingerprint density at radius 2 is 1.71 bits per heavy atom. The average molecular weight is 473 g/mol. The van der Waals surface area contributed by atoms with Crippen molar-refractivity contribution in [3.05, 3.63) is 23.8 Å². The van der Waals surface area contributed by atoms with Crippen molar-refractivity contribution in [3.63, 3.8) is 0 Å². The molecule has 1 aromatic rings. The lowest BCUT2D eigenvalue weighted by Crippen LogP contribution is -2.62. The lowest BCUT2D eigenvalue weighted by atomic mass is 9.72. The molecule has 0 aromatic heterocycles. The van der Waals surface area contributed by atoms with E-state index in [1.54, 1.807) is 28.0 Å². The standard InChI is InChI=1S/C24H32N4O6/c1-23(2,3)34-22(32)26-11-8-24(9-12-26)14-27(15-24)20(30)16-5-6-18(33-4)17(13-16)28-10-7-19(29)25-21(28)31/h5-6,13H,7-12,14-15H2,1-4H3,(H,25,29,31). The number of amides is 5. The van der Waals surface area contributed by atoms with Gasteiger partial charge in [0.15, 0.2) is 0 Å². The number of anilines is 1. The Kier molecular flexibility index (Phi) is 6.18. The third kappa shape index (κ3) is 4.80. The van der Waals surface area contributed by atoms with Gasteiger partial charge in [0.1, 0.15) is 11.4 Å². The molecule has 3 aliphatic rings. The van der Waals surface area contributed by atoms with Crippen LogP contribution < -0.4 is 15.0 Å². The van der Waals surface area contributed by atoms with Crippen LogP contribution in [0.1, 0.15) is 50.4 Å². The van der Waals surface area contributed by atoms with Crippen LogP contribution in [0.5, 0.6) is 5.75 Å². The normalized spacial score (nSPS) is 20.1. The number of likely N-dealkylation sites (tertiary alicyclic amines) is 2. The van der Waals surface area contributed by atoms with Gasteiger partial charge < -0.3 is 19.3 Å². The van der Waals surface area contributed by atoms with E-state index in [-0.39, 0.29) is 36.3 Å². The number of ether oxygens (including phenoxy) is 2. The van der Waals surface area contributed by atoms with Gasteiger partial charge in [0.2, 0.25) is 5.91 Å². The zero-order valence-electron chi connectivity index (χ0n) is 20.2. The van der Waals surface area contributed by atoms with E-state index in [9.17, 15) is 19.2 Å². The van der Waals surface area contributed by atoms with Crippen molar-refractivity contribution in [2.45, 2.75) is 45.6 Å². The Bertz CT molecular complexity index is 1000. The summed E-state index contributed by atoms with van der Waals surface area (Å²) < 4.78 is 10.9. The van der Waals surface area contributed by atoms with Gasteiger partial charge in [-0.15, -0.1) is 0 Å². The van der Waals surface area contributed by atoms with Crippen LogP contribution in [-0.4, -0.2) is 79.2 Å². The van der Waals surface area contributed by atoms with Gasteiger partial charge in [0.25, 0.3) is 5.91 Å². The summed E-state index contributed by atoms with van der Waals surface area (Å²) in [7, 11) is 1.50. The maximum atomic E-state index is 13.2. The van der Waals surface area contributed by atoms with Crippen LogP contribution in [0.25, 0.3) is 0 Å². The molecule has 1 aromatic carbocycles. The molecule has 0 radical (unpaired) electrons. The van der Waals surface area contributed by atoms with E-state index in [1.807, 2.05) is 20.8 Å². The molecule has 0 atom stereocenters. The smallest absolute Gasteiger partial charge is 0.410 e. The molecule has 1 N–H and O–H groups in total. The largest absolute Gasteiger partial charge is 0.495 e. The van der Waals surface area contributed by atoms with Crippen molar-refractivity contribution < 1.29 is 28.7 Å². The second-order valence-corrected chi connectivity index (χ2v) is 10.3. The Morgan fingerprint density at radius 1 is 1.03 bits per heavy atom. The van der Waals surface area contributed by atoms with Gasteiger partial charge in [0, 0.05) is 50.1 Å². The van der Waals surface area contributed by atoms with Crippen LogP contribution in [0.4, 0.5) is 15.3 Å². The van der Waals surface area contributed by atoms with Crippen molar-refractivity contribution in [3.8, 4) is 5.75 Å². The molecule has 34 heavy (non-hydrogen) atoms. The Balaban J connectivity index is 1.38. The number of carbonyl (C=O) groups is 4. The molecular formula is C24H32N4O6. The number of nitrogens with zero attached hydrogens (tertiary/aromatic N) is 3. The van der Waals surface area contributed by atoms with Gasteiger partial charge in [0.05, 0.1) is 12.8 Å². The Hall–Kier alpha value is -3.30. The highest BCUT2D eigenvalue weighted by atomic mass is 16.6. The van der Waals surface area contributed by atoms with Crippen molar-refractivity contribution in [2.75, 3.05) is 44.7 Å². The summed E-state index contributed by atoms with van der Waals surface area (Å²) in [5, 5.41) is 2.30. The summed E-state index contributed by atoms with van der Waals surface area (Å²) in [6.07, 6.45) is 1.54. The van der Waals surface area contributed by atoms with Crippen LogP contribution in [0.2, 0.25) is 0 Å². The van der Waals surface area contributed by atoms with E-state index in [0.717, 1.165) is 12.8 Å². The van der Waals surface area contributed by atoms with E-state index < -0.39 is 11.6 Å². The second kappa shape index (κ2) is 8.81.